The van der Waals surface area contributed by atoms with Gasteiger partial charge >= 0.3 is 0 Å². The number of hydrogen-bond acceptors (Lipinski definition) is 4. The Morgan fingerprint density at radius 2 is 1.57 bits per heavy atom. The maximum Gasteiger partial charge on any atom is 0.261 e. The molecule has 0 fully saturated rings. The number of hydrogen-bond donors (Lipinski definition) is 1. The van der Waals surface area contributed by atoms with E-state index in [-0.39, 0.29) is 31.0 Å². The second-order valence-corrected chi connectivity index (χ2v) is 10.2. The summed E-state index contributed by atoms with van der Waals surface area (Å²) in [5.74, 6) is 0.818. The Kier molecular flexibility index (Phi) is 10.1. The van der Waals surface area contributed by atoms with E-state index < -0.39 is 6.04 Å². The average Bonchev–Trinajstić information content (AvgIpc) is 2.88. The van der Waals surface area contributed by atoms with Crippen molar-refractivity contribution in [3.8, 4) is 11.5 Å². The van der Waals surface area contributed by atoms with E-state index in [1.54, 1.807) is 12.0 Å². The minimum Gasteiger partial charge on any atom is -0.497 e. The van der Waals surface area contributed by atoms with E-state index in [2.05, 4.69) is 21.2 Å². The number of halogens is 1. The van der Waals surface area contributed by atoms with Gasteiger partial charge in [0.05, 0.1) is 7.11 Å². The molecule has 3 aromatic carbocycles. The zero-order chi connectivity index (χ0) is 26.9. The topological polar surface area (TPSA) is 67.9 Å². The molecule has 1 N–H and O–H groups in total. The fourth-order valence-electron chi connectivity index (χ4n) is 4.12. The van der Waals surface area contributed by atoms with Gasteiger partial charge in [-0.2, -0.15) is 0 Å². The lowest BCUT2D eigenvalue weighted by Crippen LogP contribution is -2.52. The van der Waals surface area contributed by atoms with Gasteiger partial charge in [0.15, 0.2) is 6.61 Å². The highest BCUT2D eigenvalue weighted by molar-refractivity contribution is 9.10. The van der Waals surface area contributed by atoms with Crippen LogP contribution in [-0.2, 0) is 22.6 Å². The molecule has 196 valence electrons. The van der Waals surface area contributed by atoms with E-state index in [1.165, 1.54) is 0 Å². The fraction of sp³-hybridized carbons (Fsp3) is 0.333. The zero-order valence-electron chi connectivity index (χ0n) is 22.1. The second-order valence-electron chi connectivity index (χ2n) is 9.40. The molecule has 2 amide bonds. The smallest absolute Gasteiger partial charge is 0.261 e. The minimum atomic E-state index is -0.722. The monoisotopic (exact) mass is 566 g/mol. The molecule has 0 bridgehead atoms. The van der Waals surface area contributed by atoms with Crippen LogP contribution in [0.25, 0.3) is 0 Å². The van der Waals surface area contributed by atoms with Gasteiger partial charge in [-0.05, 0) is 74.2 Å². The summed E-state index contributed by atoms with van der Waals surface area (Å²) in [6, 6.07) is 20.3. The fourth-order valence-corrected chi connectivity index (χ4v) is 4.35. The van der Waals surface area contributed by atoms with Gasteiger partial charge in [-0.3, -0.25) is 9.59 Å². The third-order valence-corrected chi connectivity index (χ3v) is 7.21. The standard InChI is InChI=1S/C30H35BrN2O4/c1-20(2)32-30(35)27(17-23-10-7-6-8-11-23)33(18-24-12-9-13-25(16-24)36-5)28(34)19-37-26-14-21(3)29(31)22(4)15-26/h6-16,20,27H,17-19H2,1-5H3,(H,32,35)/t27-/m1/s1. The van der Waals surface area contributed by atoms with Crippen molar-refractivity contribution < 1.29 is 19.1 Å². The summed E-state index contributed by atoms with van der Waals surface area (Å²) in [6.45, 7) is 7.82. The van der Waals surface area contributed by atoms with Gasteiger partial charge in [-0.15, -0.1) is 0 Å². The van der Waals surface area contributed by atoms with Crippen LogP contribution < -0.4 is 14.8 Å². The van der Waals surface area contributed by atoms with Crippen molar-refractivity contribution in [1.29, 1.82) is 0 Å². The summed E-state index contributed by atoms with van der Waals surface area (Å²) in [6.07, 6.45) is 0.381. The molecule has 6 nitrogen and oxygen atoms in total. The van der Waals surface area contributed by atoms with E-state index in [9.17, 15) is 9.59 Å². The van der Waals surface area contributed by atoms with Crippen molar-refractivity contribution in [2.75, 3.05) is 13.7 Å². The molecule has 0 heterocycles. The maximum atomic E-state index is 13.7. The third kappa shape index (κ3) is 8.09. The number of methoxy groups -OCH3 is 1. The molecule has 0 spiro atoms. The van der Waals surface area contributed by atoms with Crippen molar-refractivity contribution in [3.05, 3.63) is 93.5 Å². The normalized spacial score (nSPS) is 11.6. The van der Waals surface area contributed by atoms with Crippen molar-refractivity contribution in [2.24, 2.45) is 0 Å². The minimum absolute atomic E-state index is 0.0653. The van der Waals surface area contributed by atoms with Crippen LogP contribution in [0.5, 0.6) is 11.5 Å². The highest BCUT2D eigenvalue weighted by Gasteiger charge is 2.31. The molecule has 0 aliphatic heterocycles. The lowest BCUT2D eigenvalue weighted by atomic mass is 10.0. The second kappa shape index (κ2) is 13.3. The molecular weight excluding hydrogens is 532 g/mol. The Morgan fingerprint density at radius 3 is 2.19 bits per heavy atom. The molecule has 0 aromatic heterocycles. The highest BCUT2D eigenvalue weighted by atomic mass is 79.9. The van der Waals surface area contributed by atoms with Crippen LogP contribution in [-0.4, -0.2) is 42.5 Å². The van der Waals surface area contributed by atoms with Crippen LogP contribution in [0, 0.1) is 13.8 Å². The van der Waals surface area contributed by atoms with E-state index in [0.717, 1.165) is 26.7 Å². The highest BCUT2D eigenvalue weighted by Crippen LogP contribution is 2.26. The molecule has 0 aliphatic rings. The quantitative estimate of drug-likeness (QED) is 0.327. The lowest BCUT2D eigenvalue weighted by molar-refractivity contribution is -0.143. The van der Waals surface area contributed by atoms with Crippen molar-refractivity contribution in [2.45, 2.75) is 52.7 Å². The van der Waals surface area contributed by atoms with E-state index >= 15 is 0 Å². The van der Waals surface area contributed by atoms with Gasteiger partial charge in [-0.1, -0.05) is 58.4 Å². The van der Waals surface area contributed by atoms with Crippen LogP contribution >= 0.6 is 15.9 Å². The summed E-state index contributed by atoms with van der Waals surface area (Å²) < 4.78 is 12.3. The van der Waals surface area contributed by atoms with Crippen LogP contribution in [0.4, 0.5) is 0 Å². The van der Waals surface area contributed by atoms with Gasteiger partial charge in [0.1, 0.15) is 17.5 Å². The summed E-state index contributed by atoms with van der Waals surface area (Å²) >= 11 is 3.57. The van der Waals surface area contributed by atoms with Crippen molar-refractivity contribution in [1.82, 2.24) is 10.2 Å². The average molecular weight is 568 g/mol. The Labute approximate surface area is 228 Å². The maximum absolute atomic E-state index is 13.7. The number of nitrogens with zero attached hydrogens (tertiary/aromatic N) is 1. The van der Waals surface area contributed by atoms with Gasteiger partial charge in [0.25, 0.3) is 5.91 Å². The zero-order valence-corrected chi connectivity index (χ0v) is 23.7. The predicted molar refractivity (Wildman–Crippen MR) is 150 cm³/mol. The molecule has 0 unspecified atom stereocenters. The first-order chi connectivity index (χ1) is 17.7. The summed E-state index contributed by atoms with van der Waals surface area (Å²) in [5.41, 5.74) is 3.87. The number of ether oxygens (including phenoxy) is 2. The number of benzene rings is 3. The number of carbonyl (C=O) groups excluding carboxylic acids is 2. The Morgan fingerprint density at radius 1 is 0.919 bits per heavy atom. The van der Waals surface area contributed by atoms with E-state index in [4.69, 9.17) is 9.47 Å². The molecule has 3 rings (SSSR count). The molecule has 1 atom stereocenters. The Bertz CT molecular complexity index is 1190. The molecule has 3 aromatic rings. The molecule has 0 aliphatic carbocycles. The Hall–Kier alpha value is -3.32. The first kappa shape index (κ1) is 28.3. The predicted octanol–water partition coefficient (Wildman–Crippen LogP) is 5.62. The third-order valence-electron chi connectivity index (χ3n) is 5.96. The number of aryl methyl sites for hydroxylation is 2. The van der Waals surface area contributed by atoms with Crippen molar-refractivity contribution in [3.63, 3.8) is 0 Å². The first-order valence-corrected chi connectivity index (χ1v) is 13.1. The number of carbonyl (C=O) groups is 2. The largest absolute Gasteiger partial charge is 0.497 e. The van der Waals surface area contributed by atoms with Gasteiger partial charge in [-0.25, -0.2) is 0 Å². The lowest BCUT2D eigenvalue weighted by Gasteiger charge is -2.32. The SMILES string of the molecule is COc1cccc(CN(C(=O)COc2cc(C)c(Br)c(C)c2)[C@H](Cc2ccccc2)C(=O)NC(C)C)c1. The van der Waals surface area contributed by atoms with E-state index in [0.29, 0.717) is 17.9 Å². The van der Waals surface area contributed by atoms with Crippen molar-refractivity contribution >= 4 is 27.7 Å². The summed E-state index contributed by atoms with van der Waals surface area (Å²) in [7, 11) is 1.60. The number of rotatable bonds is 11. The molecule has 37 heavy (non-hydrogen) atoms. The number of nitrogens with one attached hydrogen (secondary N) is 1. The van der Waals surface area contributed by atoms with Gasteiger partial charge < -0.3 is 19.7 Å². The number of amides is 2. The van der Waals surface area contributed by atoms with E-state index in [1.807, 2.05) is 94.4 Å². The Balaban J connectivity index is 1.94. The van der Waals surface area contributed by atoms with Gasteiger partial charge in [0.2, 0.25) is 5.91 Å². The molecule has 0 saturated heterocycles. The van der Waals surface area contributed by atoms with Crippen LogP contribution in [0.1, 0.15) is 36.1 Å². The molecule has 0 radical (unpaired) electrons. The van der Waals surface area contributed by atoms with Crippen LogP contribution in [0.2, 0.25) is 0 Å². The summed E-state index contributed by atoms with van der Waals surface area (Å²) in [5, 5.41) is 3.00. The van der Waals surface area contributed by atoms with Gasteiger partial charge in [0, 0.05) is 23.5 Å². The molecule has 0 saturated carbocycles. The molecular formula is C30H35BrN2O4. The van der Waals surface area contributed by atoms with Crippen LogP contribution in [0.15, 0.2) is 71.2 Å². The summed E-state index contributed by atoms with van der Waals surface area (Å²) in [4.78, 5) is 28.8. The first-order valence-electron chi connectivity index (χ1n) is 12.3. The molecule has 7 heteroatoms. The van der Waals surface area contributed by atoms with Crippen LogP contribution in [0.3, 0.4) is 0 Å².